The number of hydrogen-bond acceptors (Lipinski definition) is 2. The molecule has 0 bridgehead atoms. The van der Waals surface area contributed by atoms with Gasteiger partial charge in [-0.2, -0.15) is 0 Å². The maximum absolute atomic E-state index is 12.2. The fourth-order valence-corrected chi connectivity index (χ4v) is 1.94. The van der Waals surface area contributed by atoms with Gasteiger partial charge in [0, 0.05) is 24.1 Å². The van der Waals surface area contributed by atoms with Crippen LogP contribution in [0.4, 0.5) is 0 Å². The number of carbonyl (C=O) groups excluding carboxylic acids is 1. The van der Waals surface area contributed by atoms with E-state index in [-0.39, 0.29) is 12.5 Å². The Balaban J connectivity index is 2.07. The van der Waals surface area contributed by atoms with Crippen LogP contribution in [0.1, 0.15) is 47.7 Å². The molecule has 3 heteroatoms. The lowest BCUT2D eigenvalue weighted by atomic mass is 10.0. The molecule has 0 saturated heterocycles. The van der Waals surface area contributed by atoms with Gasteiger partial charge in [-0.05, 0) is 42.9 Å². The molecule has 1 aromatic carbocycles. The minimum Gasteiger partial charge on any atom is -0.395 e. The molecule has 1 aliphatic rings. The maximum atomic E-state index is 12.2. The summed E-state index contributed by atoms with van der Waals surface area (Å²) in [7, 11) is 0. The topological polar surface area (TPSA) is 49.3 Å². The van der Waals surface area contributed by atoms with Gasteiger partial charge in [0.1, 0.15) is 0 Å². The molecule has 1 fully saturated rings. The molecule has 1 amide bonds. The summed E-state index contributed by atoms with van der Waals surface area (Å²) >= 11 is 0. The molecular weight excluding hydrogens is 250 g/mol. The molecule has 20 heavy (non-hydrogen) atoms. The number of aryl methyl sites for hydroxylation is 1. The van der Waals surface area contributed by atoms with Gasteiger partial charge in [-0.1, -0.05) is 24.8 Å². The summed E-state index contributed by atoms with van der Waals surface area (Å²) < 4.78 is 0. The first-order valence-corrected chi connectivity index (χ1v) is 7.03. The van der Waals surface area contributed by atoms with Gasteiger partial charge in [0.25, 0.3) is 5.91 Å². The minimum absolute atomic E-state index is 0.0265. The van der Waals surface area contributed by atoms with Crippen LogP contribution in [0.5, 0.6) is 0 Å². The highest BCUT2D eigenvalue weighted by atomic mass is 16.2. The number of hydrogen-bond donors (Lipinski definition) is 2. The molecule has 1 aromatic rings. The molecule has 0 atom stereocenters. The van der Waals surface area contributed by atoms with E-state index in [0.29, 0.717) is 17.4 Å². The average molecular weight is 271 g/mol. The van der Waals surface area contributed by atoms with Crippen LogP contribution < -0.4 is 5.32 Å². The van der Waals surface area contributed by atoms with Crippen LogP contribution in [-0.2, 0) is 0 Å². The minimum atomic E-state index is -0.0265. The third-order valence-electron chi connectivity index (χ3n) is 3.73. The van der Waals surface area contributed by atoms with E-state index in [4.69, 9.17) is 5.11 Å². The molecule has 0 radical (unpaired) electrons. The zero-order valence-electron chi connectivity index (χ0n) is 12.1. The Hall–Kier alpha value is -1.79. The number of aliphatic hydroxyl groups is 1. The van der Waals surface area contributed by atoms with E-state index in [1.165, 1.54) is 12.8 Å². The van der Waals surface area contributed by atoms with E-state index in [1.807, 2.05) is 25.1 Å². The Morgan fingerprint density at radius 2 is 2.20 bits per heavy atom. The van der Waals surface area contributed by atoms with Gasteiger partial charge >= 0.3 is 0 Å². The van der Waals surface area contributed by atoms with Crippen molar-refractivity contribution in [1.82, 2.24) is 5.32 Å². The van der Waals surface area contributed by atoms with Crippen LogP contribution in [0.2, 0.25) is 0 Å². The summed E-state index contributed by atoms with van der Waals surface area (Å²) in [6.45, 7) is 4.92. The standard InChI is InChI=1S/C17H21NO2/c1-13-6-7-14(5-3-4-10-19)11-15(13)16(20)18-12-17(2)8-9-17/h6-7,11,19H,4,8-10,12H2,1-2H3,(H,18,20). The van der Waals surface area contributed by atoms with Gasteiger partial charge in [0.2, 0.25) is 0 Å². The van der Waals surface area contributed by atoms with Crippen molar-refractivity contribution < 1.29 is 9.90 Å². The van der Waals surface area contributed by atoms with Gasteiger partial charge in [-0.3, -0.25) is 4.79 Å². The molecule has 0 heterocycles. The lowest BCUT2D eigenvalue weighted by molar-refractivity contribution is 0.0945. The third kappa shape index (κ3) is 3.85. The van der Waals surface area contributed by atoms with E-state index < -0.39 is 0 Å². The quantitative estimate of drug-likeness (QED) is 0.825. The fraction of sp³-hybridized carbons (Fsp3) is 0.471. The predicted molar refractivity (Wildman–Crippen MR) is 79.4 cm³/mol. The second-order valence-corrected chi connectivity index (χ2v) is 5.80. The highest BCUT2D eigenvalue weighted by molar-refractivity contribution is 5.96. The average Bonchev–Trinajstić information content (AvgIpc) is 3.17. The Bertz CT molecular complexity index is 562. The van der Waals surface area contributed by atoms with Gasteiger partial charge in [-0.25, -0.2) is 0 Å². The first-order chi connectivity index (χ1) is 9.54. The first-order valence-electron chi connectivity index (χ1n) is 7.03. The van der Waals surface area contributed by atoms with Gasteiger partial charge in [0.05, 0.1) is 6.61 Å². The molecule has 0 spiro atoms. The summed E-state index contributed by atoms with van der Waals surface area (Å²) in [6, 6.07) is 5.64. The number of carbonyl (C=O) groups is 1. The summed E-state index contributed by atoms with van der Waals surface area (Å²) in [5.74, 6) is 5.81. The summed E-state index contributed by atoms with van der Waals surface area (Å²) in [6.07, 6.45) is 2.84. The molecule has 1 saturated carbocycles. The molecule has 1 aliphatic carbocycles. The first kappa shape index (κ1) is 14.6. The van der Waals surface area contributed by atoms with E-state index in [1.54, 1.807) is 0 Å². The van der Waals surface area contributed by atoms with Crippen LogP contribution in [0.25, 0.3) is 0 Å². The molecule has 106 valence electrons. The maximum Gasteiger partial charge on any atom is 0.251 e. The monoisotopic (exact) mass is 271 g/mol. The second-order valence-electron chi connectivity index (χ2n) is 5.80. The van der Waals surface area contributed by atoms with E-state index in [0.717, 1.165) is 17.7 Å². The molecule has 3 nitrogen and oxygen atoms in total. The molecule has 0 aliphatic heterocycles. The van der Waals surface area contributed by atoms with Crippen molar-refractivity contribution >= 4 is 5.91 Å². The molecular formula is C17H21NO2. The van der Waals surface area contributed by atoms with Crippen LogP contribution in [0.3, 0.4) is 0 Å². The highest BCUT2D eigenvalue weighted by Crippen LogP contribution is 2.44. The molecule has 2 N–H and O–H groups in total. The lowest BCUT2D eigenvalue weighted by Crippen LogP contribution is -2.29. The Morgan fingerprint density at radius 3 is 2.85 bits per heavy atom. The van der Waals surface area contributed by atoms with Gasteiger partial charge < -0.3 is 10.4 Å². The highest BCUT2D eigenvalue weighted by Gasteiger charge is 2.37. The number of nitrogens with one attached hydrogen (secondary N) is 1. The normalized spacial score (nSPS) is 15.2. The van der Waals surface area contributed by atoms with Crippen LogP contribution >= 0.6 is 0 Å². The van der Waals surface area contributed by atoms with Crippen molar-refractivity contribution in [1.29, 1.82) is 0 Å². The van der Waals surface area contributed by atoms with Crippen LogP contribution in [-0.4, -0.2) is 24.2 Å². The lowest BCUT2D eigenvalue weighted by Gasteiger charge is -2.11. The van der Waals surface area contributed by atoms with Crippen molar-refractivity contribution in [2.75, 3.05) is 13.2 Å². The van der Waals surface area contributed by atoms with Crippen molar-refractivity contribution in [3.63, 3.8) is 0 Å². The fourth-order valence-electron chi connectivity index (χ4n) is 1.94. The van der Waals surface area contributed by atoms with E-state index in [2.05, 4.69) is 24.1 Å². The van der Waals surface area contributed by atoms with Gasteiger partial charge in [0.15, 0.2) is 0 Å². The van der Waals surface area contributed by atoms with Crippen LogP contribution in [0.15, 0.2) is 18.2 Å². The Morgan fingerprint density at radius 1 is 1.45 bits per heavy atom. The number of amides is 1. The van der Waals surface area contributed by atoms with E-state index >= 15 is 0 Å². The molecule has 0 unspecified atom stereocenters. The predicted octanol–water partition coefficient (Wildman–Crippen LogP) is 2.26. The summed E-state index contributed by atoms with van der Waals surface area (Å²) in [5.41, 5.74) is 2.76. The largest absolute Gasteiger partial charge is 0.395 e. The Kier molecular flexibility index (Phi) is 4.46. The second kappa shape index (κ2) is 6.11. The van der Waals surface area contributed by atoms with Crippen molar-refractivity contribution in [2.24, 2.45) is 5.41 Å². The SMILES string of the molecule is Cc1ccc(C#CCCO)cc1C(=O)NCC1(C)CC1. The van der Waals surface area contributed by atoms with Crippen molar-refractivity contribution in [3.05, 3.63) is 34.9 Å². The number of aliphatic hydroxyl groups excluding tert-OH is 1. The molecule has 2 rings (SSSR count). The smallest absolute Gasteiger partial charge is 0.251 e. The van der Waals surface area contributed by atoms with Crippen molar-refractivity contribution in [2.45, 2.75) is 33.1 Å². The van der Waals surface area contributed by atoms with Crippen LogP contribution in [0, 0.1) is 24.2 Å². The van der Waals surface area contributed by atoms with E-state index in [9.17, 15) is 4.79 Å². The van der Waals surface area contributed by atoms with Crippen molar-refractivity contribution in [3.8, 4) is 11.8 Å². The zero-order valence-corrected chi connectivity index (χ0v) is 12.1. The Labute approximate surface area is 120 Å². The molecule has 0 aromatic heterocycles. The third-order valence-corrected chi connectivity index (χ3v) is 3.73. The summed E-state index contributed by atoms with van der Waals surface area (Å²) in [4.78, 5) is 12.2. The summed E-state index contributed by atoms with van der Waals surface area (Å²) in [5, 5.41) is 11.7. The van der Waals surface area contributed by atoms with Gasteiger partial charge in [-0.15, -0.1) is 0 Å². The number of benzene rings is 1. The zero-order chi connectivity index (χ0) is 14.6. The number of rotatable bonds is 4.